The Hall–Kier alpha value is -6.13. The molecular weight excluding hydrogens is 597 g/mol. The average molecular weight is 633 g/mol. The highest BCUT2D eigenvalue weighted by Gasteiger charge is 2.27. The molecule has 0 aliphatic rings. The van der Waals surface area contributed by atoms with Crippen LogP contribution in [0.2, 0.25) is 0 Å². The molecule has 0 spiro atoms. The van der Waals surface area contributed by atoms with Crippen LogP contribution in [-0.2, 0) is 12.8 Å². The number of hydrogen-bond acceptors (Lipinski definition) is 1. The molecule has 9 aromatic rings. The lowest BCUT2D eigenvalue weighted by Crippen LogP contribution is -2.05. The Bertz CT molecular complexity index is 2600. The number of benzene rings is 6. The van der Waals surface area contributed by atoms with Crippen molar-refractivity contribution in [2.45, 2.75) is 26.7 Å². The van der Waals surface area contributed by atoms with E-state index in [2.05, 4.69) is 185 Å². The van der Waals surface area contributed by atoms with Crippen LogP contribution in [0.15, 0.2) is 158 Å². The maximum atomic E-state index is 5.14. The van der Waals surface area contributed by atoms with E-state index in [1.807, 2.05) is 0 Å². The van der Waals surface area contributed by atoms with Gasteiger partial charge in [0.15, 0.2) is 0 Å². The maximum Gasteiger partial charge on any atom is 0.145 e. The Morgan fingerprint density at radius 2 is 0.837 bits per heavy atom. The fourth-order valence-electron chi connectivity index (χ4n) is 7.76. The van der Waals surface area contributed by atoms with E-state index in [4.69, 9.17) is 4.98 Å². The summed E-state index contributed by atoms with van der Waals surface area (Å²) in [4.78, 5) is 5.14. The molecule has 9 rings (SSSR count). The molecule has 0 amide bonds. The monoisotopic (exact) mass is 632 g/mol. The van der Waals surface area contributed by atoms with Gasteiger partial charge in [-0.15, -0.1) is 0 Å². The van der Waals surface area contributed by atoms with Gasteiger partial charge < -0.3 is 9.13 Å². The van der Waals surface area contributed by atoms with Crippen LogP contribution in [0.3, 0.4) is 0 Å². The lowest BCUT2D eigenvalue weighted by molar-refractivity contribution is 1.02. The van der Waals surface area contributed by atoms with Gasteiger partial charge in [0.25, 0.3) is 0 Å². The van der Waals surface area contributed by atoms with Crippen LogP contribution in [0.25, 0.3) is 72.7 Å². The summed E-state index contributed by atoms with van der Waals surface area (Å²) in [5.41, 5.74) is 14.2. The van der Waals surface area contributed by atoms with Gasteiger partial charge in [0, 0.05) is 33.4 Å². The lowest BCUT2D eigenvalue weighted by Gasteiger charge is -2.18. The van der Waals surface area contributed by atoms with E-state index in [0.29, 0.717) is 0 Å². The van der Waals surface area contributed by atoms with E-state index in [9.17, 15) is 0 Å². The minimum Gasteiger partial charge on any atom is -0.307 e. The van der Waals surface area contributed by atoms with Gasteiger partial charge in [0.2, 0.25) is 0 Å². The van der Waals surface area contributed by atoms with Crippen molar-refractivity contribution in [2.75, 3.05) is 0 Å². The average Bonchev–Trinajstić information content (AvgIpc) is 3.83. The summed E-state index contributed by atoms with van der Waals surface area (Å²) in [5, 5.41) is 2.60. The van der Waals surface area contributed by atoms with Crippen molar-refractivity contribution in [1.29, 1.82) is 0 Å². The van der Waals surface area contributed by atoms with Crippen LogP contribution < -0.4 is 0 Å². The SMILES string of the molecule is CCc1c(-c2c(CC)c3ccccc3n2-c2ccc(-c3nc4ccccc4n3-c3ccccc3)cc2)n(-c2ccccc2)c2ccccc12. The Morgan fingerprint density at radius 1 is 0.408 bits per heavy atom. The number of aromatic nitrogens is 4. The quantitative estimate of drug-likeness (QED) is 0.172. The molecule has 0 N–H and O–H groups in total. The third kappa shape index (κ3) is 4.56. The first-order chi connectivity index (χ1) is 24.3. The van der Waals surface area contributed by atoms with Crippen LogP contribution in [-0.4, -0.2) is 18.7 Å². The number of rotatable bonds is 7. The predicted octanol–water partition coefficient (Wildman–Crippen LogP) is 11.4. The molecule has 4 heteroatoms. The molecule has 3 heterocycles. The standard InChI is InChI=1S/C45H36N4/c1-3-35-37-21-11-14-24-40(37)47(32-17-7-5-8-18-32)43(35)44-36(4-2)38-22-12-15-25-41(38)48(44)34-29-27-31(28-30-34)45-46-39-23-13-16-26-42(39)49(45)33-19-9-6-10-20-33/h5-30H,3-4H2,1-2H3. The molecule has 0 saturated carbocycles. The second kappa shape index (κ2) is 11.8. The summed E-state index contributed by atoms with van der Waals surface area (Å²) in [6.45, 7) is 4.57. The molecule has 0 unspecified atom stereocenters. The summed E-state index contributed by atoms with van der Waals surface area (Å²) in [6.07, 6.45) is 1.84. The Labute approximate surface area is 286 Å². The lowest BCUT2D eigenvalue weighted by atomic mass is 10.0. The molecule has 0 bridgehead atoms. The summed E-state index contributed by atoms with van der Waals surface area (Å²) < 4.78 is 7.24. The first-order valence-corrected chi connectivity index (χ1v) is 17.2. The van der Waals surface area contributed by atoms with Gasteiger partial charge in [0.05, 0.1) is 33.5 Å². The van der Waals surface area contributed by atoms with Crippen molar-refractivity contribution < 1.29 is 0 Å². The zero-order valence-corrected chi connectivity index (χ0v) is 27.7. The van der Waals surface area contributed by atoms with Gasteiger partial charge in [-0.25, -0.2) is 4.98 Å². The molecule has 3 aromatic heterocycles. The van der Waals surface area contributed by atoms with Crippen LogP contribution >= 0.6 is 0 Å². The maximum absolute atomic E-state index is 5.14. The Morgan fingerprint density at radius 3 is 1.37 bits per heavy atom. The van der Waals surface area contributed by atoms with Gasteiger partial charge in [-0.3, -0.25) is 4.57 Å². The van der Waals surface area contributed by atoms with Gasteiger partial charge in [-0.2, -0.15) is 0 Å². The molecule has 4 nitrogen and oxygen atoms in total. The molecule has 0 fully saturated rings. The first kappa shape index (κ1) is 29.0. The highest BCUT2D eigenvalue weighted by atomic mass is 15.1. The number of fused-ring (bicyclic) bond motifs is 3. The molecule has 0 atom stereocenters. The van der Waals surface area contributed by atoms with E-state index in [1.54, 1.807) is 0 Å². The number of nitrogens with zero attached hydrogens (tertiary/aromatic N) is 4. The van der Waals surface area contributed by atoms with Crippen molar-refractivity contribution >= 4 is 32.8 Å². The minimum absolute atomic E-state index is 0.918. The van der Waals surface area contributed by atoms with Gasteiger partial charge >= 0.3 is 0 Å². The molecule has 49 heavy (non-hydrogen) atoms. The van der Waals surface area contributed by atoms with Crippen LogP contribution in [0.4, 0.5) is 0 Å². The van der Waals surface area contributed by atoms with Crippen molar-refractivity contribution in [1.82, 2.24) is 18.7 Å². The number of para-hydroxylation sites is 6. The minimum atomic E-state index is 0.918. The van der Waals surface area contributed by atoms with Gasteiger partial charge in [-0.05, 0) is 96.8 Å². The van der Waals surface area contributed by atoms with Crippen molar-refractivity contribution in [3.8, 4) is 39.8 Å². The smallest absolute Gasteiger partial charge is 0.145 e. The highest BCUT2D eigenvalue weighted by Crippen LogP contribution is 2.43. The highest BCUT2D eigenvalue weighted by molar-refractivity contribution is 5.99. The van der Waals surface area contributed by atoms with E-state index in [-0.39, 0.29) is 0 Å². The van der Waals surface area contributed by atoms with Gasteiger partial charge in [-0.1, -0.05) is 98.8 Å². The second-order valence-electron chi connectivity index (χ2n) is 12.5. The van der Waals surface area contributed by atoms with E-state index >= 15 is 0 Å². The summed E-state index contributed by atoms with van der Waals surface area (Å²) in [6, 6.07) is 56.4. The number of aryl methyl sites for hydroxylation is 2. The van der Waals surface area contributed by atoms with E-state index < -0.39 is 0 Å². The van der Waals surface area contributed by atoms with Crippen molar-refractivity contribution in [3.05, 3.63) is 169 Å². The molecular formula is C45H36N4. The zero-order chi connectivity index (χ0) is 32.9. The van der Waals surface area contributed by atoms with Gasteiger partial charge in [0.1, 0.15) is 5.82 Å². The number of imidazole rings is 1. The summed E-state index contributed by atoms with van der Waals surface area (Å²) in [5.74, 6) is 0.934. The topological polar surface area (TPSA) is 27.7 Å². The van der Waals surface area contributed by atoms with Crippen molar-refractivity contribution in [2.24, 2.45) is 0 Å². The Balaban J connectivity index is 1.31. The van der Waals surface area contributed by atoms with Crippen LogP contribution in [0.5, 0.6) is 0 Å². The molecule has 0 saturated heterocycles. The molecule has 0 radical (unpaired) electrons. The normalized spacial score (nSPS) is 11.6. The Kier molecular flexibility index (Phi) is 7.02. The first-order valence-electron chi connectivity index (χ1n) is 17.2. The second-order valence-corrected chi connectivity index (χ2v) is 12.5. The van der Waals surface area contributed by atoms with Crippen LogP contribution in [0.1, 0.15) is 25.0 Å². The summed E-state index contributed by atoms with van der Waals surface area (Å²) >= 11 is 0. The largest absolute Gasteiger partial charge is 0.307 e. The van der Waals surface area contributed by atoms with E-state index in [1.165, 1.54) is 50.0 Å². The zero-order valence-electron chi connectivity index (χ0n) is 27.7. The third-order valence-corrected chi connectivity index (χ3v) is 9.86. The fraction of sp³-hybridized carbons (Fsp3) is 0.0889. The number of hydrogen-bond donors (Lipinski definition) is 0. The third-order valence-electron chi connectivity index (χ3n) is 9.86. The summed E-state index contributed by atoms with van der Waals surface area (Å²) in [7, 11) is 0. The predicted molar refractivity (Wildman–Crippen MR) is 204 cm³/mol. The van der Waals surface area contributed by atoms with Crippen LogP contribution in [0, 0.1) is 0 Å². The van der Waals surface area contributed by atoms with E-state index in [0.717, 1.165) is 46.6 Å². The molecule has 0 aliphatic heterocycles. The molecule has 6 aromatic carbocycles. The fourth-order valence-corrected chi connectivity index (χ4v) is 7.76. The molecule has 236 valence electrons. The molecule has 0 aliphatic carbocycles. The van der Waals surface area contributed by atoms with Crippen molar-refractivity contribution in [3.63, 3.8) is 0 Å².